The number of nitrogens with zero attached hydrogens (tertiary/aromatic N) is 1. The molecule has 0 bridgehead atoms. The van der Waals surface area contributed by atoms with Gasteiger partial charge >= 0.3 is 0 Å². The molecule has 2 aliphatic carbocycles. The summed E-state index contributed by atoms with van der Waals surface area (Å²) in [6, 6.07) is 2.06. The first kappa shape index (κ1) is 16.7. The number of nitrogens with one attached hydrogen (secondary N) is 1. The van der Waals surface area contributed by atoms with Crippen LogP contribution in [0.4, 0.5) is 5.00 Å². The molecule has 0 aromatic carbocycles. The first-order valence-electron chi connectivity index (χ1n) is 8.49. The fourth-order valence-corrected chi connectivity index (χ4v) is 4.89. The van der Waals surface area contributed by atoms with Crippen molar-refractivity contribution >= 4 is 28.2 Å². The topological polar surface area (TPSA) is 96.0 Å². The summed E-state index contributed by atoms with van der Waals surface area (Å²) in [4.78, 5) is 25.6. The Hall–Kier alpha value is -2.13. The van der Waals surface area contributed by atoms with Crippen molar-refractivity contribution in [2.24, 2.45) is 5.73 Å². The number of nitrogens with two attached hydrogens (primary N) is 1. The monoisotopic (exact) mass is 343 g/mol. The number of rotatable bonds is 3. The van der Waals surface area contributed by atoms with Gasteiger partial charge in [0, 0.05) is 4.88 Å². The van der Waals surface area contributed by atoms with Crippen LogP contribution in [0, 0.1) is 11.3 Å². The van der Waals surface area contributed by atoms with Crippen molar-refractivity contribution in [2.75, 3.05) is 5.32 Å². The van der Waals surface area contributed by atoms with Gasteiger partial charge in [-0.25, -0.2) is 0 Å². The fraction of sp³-hybridized carbons (Fsp3) is 0.500. The second-order valence-electron chi connectivity index (χ2n) is 6.38. The van der Waals surface area contributed by atoms with Crippen LogP contribution in [0.3, 0.4) is 0 Å². The number of anilines is 1. The summed E-state index contributed by atoms with van der Waals surface area (Å²) < 4.78 is 0. The molecule has 2 amide bonds. The molecule has 0 radical (unpaired) electrons. The van der Waals surface area contributed by atoms with E-state index >= 15 is 0 Å². The Bertz CT molecular complexity index is 747. The van der Waals surface area contributed by atoms with Gasteiger partial charge in [0.15, 0.2) is 0 Å². The lowest BCUT2D eigenvalue weighted by Crippen LogP contribution is -2.20. The van der Waals surface area contributed by atoms with Gasteiger partial charge in [-0.05, 0) is 62.5 Å². The largest absolute Gasteiger partial charge is 0.365 e. The van der Waals surface area contributed by atoms with Crippen molar-refractivity contribution in [3.05, 3.63) is 27.2 Å². The van der Waals surface area contributed by atoms with Gasteiger partial charge in [-0.1, -0.05) is 6.42 Å². The highest BCUT2D eigenvalue weighted by Crippen LogP contribution is 2.38. The minimum atomic E-state index is -0.506. The van der Waals surface area contributed by atoms with E-state index in [1.54, 1.807) is 0 Å². The maximum Gasteiger partial charge on any atom is 0.266 e. The number of allylic oxidation sites excluding steroid dienone is 1. The van der Waals surface area contributed by atoms with Crippen LogP contribution in [-0.2, 0) is 17.6 Å². The van der Waals surface area contributed by atoms with Gasteiger partial charge in [0.05, 0.1) is 5.56 Å². The Kier molecular flexibility index (Phi) is 5.00. The number of thiophene rings is 1. The Balaban J connectivity index is 1.90. The van der Waals surface area contributed by atoms with Crippen molar-refractivity contribution < 1.29 is 9.59 Å². The fourth-order valence-electron chi connectivity index (χ4n) is 3.60. The number of aryl methyl sites for hydroxylation is 1. The van der Waals surface area contributed by atoms with Gasteiger partial charge in [-0.2, -0.15) is 5.26 Å². The molecule has 2 aliphatic rings. The van der Waals surface area contributed by atoms with Crippen LogP contribution in [0.15, 0.2) is 11.1 Å². The molecule has 0 atom stereocenters. The molecule has 1 heterocycles. The van der Waals surface area contributed by atoms with E-state index < -0.39 is 11.8 Å². The van der Waals surface area contributed by atoms with E-state index in [1.807, 2.05) is 0 Å². The second-order valence-corrected chi connectivity index (χ2v) is 7.49. The molecule has 1 aromatic rings. The quantitative estimate of drug-likeness (QED) is 0.650. The number of carbonyl (C=O) groups is 2. The molecule has 0 saturated heterocycles. The van der Waals surface area contributed by atoms with Crippen molar-refractivity contribution in [1.29, 1.82) is 5.26 Å². The van der Waals surface area contributed by atoms with Gasteiger partial charge in [0.2, 0.25) is 0 Å². The Morgan fingerprint density at radius 2 is 1.71 bits per heavy atom. The van der Waals surface area contributed by atoms with Crippen LogP contribution in [0.2, 0.25) is 0 Å². The number of hydrogen-bond donors (Lipinski definition) is 2. The van der Waals surface area contributed by atoms with Gasteiger partial charge < -0.3 is 11.1 Å². The average Bonchev–Trinajstić information content (AvgIpc) is 2.94. The molecule has 0 aliphatic heterocycles. The molecule has 0 spiro atoms. The Morgan fingerprint density at radius 1 is 1.04 bits per heavy atom. The number of carbonyl (C=O) groups excluding carboxylic acids is 2. The summed E-state index contributed by atoms with van der Waals surface area (Å²) in [6.45, 7) is 0. The lowest BCUT2D eigenvalue weighted by molar-refractivity contribution is -0.112. The second kappa shape index (κ2) is 7.18. The first-order chi connectivity index (χ1) is 11.6. The maximum atomic E-state index is 12.6. The van der Waals surface area contributed by atoms with Crippen LogP contribution in [0.25, 0.3) is 0 Å². The number of hydrogen-bond acceptors (Lipinski definition) is 4. The standard InChI is InChI=1S/C18H21N3O2S/c19-10-13(11-6-2-1-3-7-11)17(23)21-18-15(16(20)22)12-8-4-5-9-14(12)24-18/h1-9H2,(H2,20,22)(H,21,23). The van der Waals surface area contributed by atoms with E-state index in [4.69, 9.17) is 5.73 Å². The molecule has 6 heteroatoms. The molecule has 3 rings (SSSR count). The van der Waals surface area contributed by atoms with Crippen LogP contribution in [-0.4, -0.2) is 11.8 Å². The van der Waals surface area contributed by atoms with Crippen LogP contribution < -0.4 is 11.1 Å². The van der Waals surface area contributed by atoms with E-state index in [0.29, 0.717) is 10.6 Å². The van der Waals surface area contributed by atoms with E-state index in [2.05, 4.69) is 11.4 Å². The van der Waals surface area contributed by atoms with Crippen molar-refractivity contribution in [3.8, 4) is 6.07 Å². The smallest absolute Gasteiger partial charge is 0.266 e. The average molecular weight is 343 g/mol. The van der Waals surface area contributed by atoms with Crippen molar-refractivity contribution in [3.63, 3.8) is 0 Å². The third kappa shape index (κ3) is 3.22. The summed E-state index contributed by atoms with van der Waals surface area (Å²) in [6.07, 6.45) is 8.67. The third-order valence-corrected chi connectivity index (χ3v) is 6.00. The number of primary amides is 1. The summed E-state index contributed by atoms with van der Waals surface area (Å²) >= 11 is 1.43. The predicted octanol–water partition coefficient (Wildman–Crippen LogP) is 3.45. The van der Waals surface area contributed by atoms with Gasteiger partial charge in [0.1, 0.15) is 16.6 Å². The van der Waals surface area contributed by atoms with Crippen LogP contribution in [0.1, 0.15) is 65.7 Å². The highest BCUT2D eigenvalue weighted by molar-refractivity contribution is 7.17. The van der Waals surface area contributed by atoms with Crippen molar-refractivity contribution in [2.45, 2.75) is 57.8 Å². The zero-order valence-electron chi connectivity index (χ0n) is 13.6. The predicted molar refractivity (Wildman–Crippen MR) is 93.8 cm³/mol. The van der Waals surface area contributed by atoms with Crippen molar-refractivity contribution in [1.82, 2.24) is 0 Å². The molecule has 3 N–H and O–H groups in total. The highest BCUT2D eigenvalue weighted by Gasteiger charge is 2.26. The summed E-state index contributed by atoms with van der Waals surface area (Å²) in [5, 5.41) is 12.7. The zero-order valence-corrected chi connectivity index (χ0v) is 14.4. The van der Waals surface area contributed by atoms with E-state index in [0.717, 1.165) is 73.8 Å². The van der Waals surface area contributed by atoms with Gasteiger partial charge in [-0.15, -0.1) is 11.3 Å². The van der Waals surface area contributed by atoms with Gasteiger partial charge in [-0.3, -0.25) is 9.59 Å². The molecule has 1 fully saturated rings. The number of fused-ring (bicyclic) bond motifs is 1. The van der Waals surface area contributed by atoms with E-state index in [-0.39, 0.29) is 5.57 Å². The van der Waals surface area contributed by atoms with Gasteiger partial charge in [0.25, 0.3) is 11.8 Å². The lowest BCUT2D eigenvalue weighted by atomic mass is 9.91. The zero-order chi connectivity index (χ0) is 17.1. The van der Waals surface area contributed by atoms with Crippen LogP contribution in [0.5, 0.6) is 0 Å². The Morgan fingerprint density at radius 3 is 2.38 bits per heavy atom. The molecule has 1 aromatic heterocycles. The van der Waals surface area contributed by atoms with E-state index in [9.17, 15) is 14.9 Å². The normalized spacial score (nSPS) is 16.9. The first-order valence-corrected chi connectivity index (χ1v) is 9.31. The number of nitriles is 1. The molecule has 0 unspecified atom stereocenters. The van der Waals surface area contributed by atoms with E-state index in [1.165, 1.54) is 11.3 Å². The molecule has 5 nitrogen and oxygen atoms in total. The molecular formula is C18H21N3O2S. The molecular weight excluding hydrogens is 322 g/mol. The minimum absolute atomic E-state index is 0.205. The molecule has 126 valence electrons. The highest BCUT2D eigenvalue weighted by atomic mass is 32.1. The third-order valence-electron chi connectivity index (χ3n) is 4.79. The molecule has 1 saturated carbocycles. The summed E-state index contributed by atoms with van der Waals surface area (Å²) in [5.74, 6) is -0.913. The summed E-state index contributed by atoms with van der Waals surface area (Å²) in [7, 11) is 0. The van der Waals surface area contributed by atoms with Crippen LogP contribution >= 0.6 is 11.3 Å². The number of amides is 2. The lowest BCUT2D eigenvalue weighted by Gasteiger charge is -2.15. The SMILES string of the molecule is N#CC(C(=O)Nc1sc2c(c1C(N)=O)CCCC2)=C1CCCCC1. The molecule has 24 heavy (non-hydrogen) atoms. The summed E-state index contributed by atoms with van der Waals surface area (Å²) in [5.41, 5.74) is 8.11. The Labute approximate surface area is 145 Å². The minimum Gasteiger partial charge on any atom is -0.365 e. The maximum absolute atomic E-state index is 12.6.